The lowest BCUT2D eigenvalue weighted by Crippen LogP contribution is -2.24. The molecule has 2 aromatic heterocycles. The Hall–Kier alpha value is -4.37. The number of benzene rings is 3. The summed E-state index contributed by atoms with van der Waals surface area (Å²) in [6, 6.07) is 18.4. The number of aromatic nitrogens is 5. The number of carbonyl (C=O) groups excluding carboxylic acids is 1. The lowest BCUT2D eigenvalue weighted by Gasteiger charge is -2.13. The van der Waals surface area contributed by atoms with Crippen molar-refractivity contribution in [1.82, 2.24) is 29.6 Å². The van der Waals surface area contributed by atoms with Gasteiger partial charge in [-0.3, -0.25) is 14.2 Å². The van der Waals surface area contributed by atoms with Gasteiger partial charge in [0.25, 0.3) is 11.5 Å². The van der Waals surface area contributed by atoms with E-state index in [0.29, 0.717) is 23.0 Å². The van der Waals surface area contributed by atoms with Crippen molar-refractivity contribution in [3.63, 3.8) is 0 Å². The molecule has 8 nitrogen and oxygen atoms in total. The monoisotopic (exact) mass is 482 g/mol. The number of hydrogen-bond acceptors (Lipinski definition) is 5. The number of amides is 1. The molecule has 0 spiro atoms. The van der Waals surface area contributed by atoms with Gasteiger partial charge in [-0.05, 0) is 79.2 Å². The first-order valence-corrected chi connectivity index (χ1v) is 11.4. The Morgan fingerprint density at radius 2 is 1.89 bits per heavy atom. The van der Waals surface area contributed by atoms with E-state index < -0.39 is 0 Å². The van der Waals surface area contributed by atoms with Crippen LogP contribution in [-0.4, -0.2) is 30.2 Å². The van der Waals surface area contributed by atoms with Crippen molar-refractivity contribution in [3.8, 4) is 11.4 Å². The number of carbonyl (C=O) groups is 1. The highest BCUT2D eigenvalue weighted by molar-refractivity contribution is 7.71. The second-order valence-electron chi connectivity index (χ2n) is 8.24. The third kappa shape index (κ3) is 4.29. The lowest BCUT2D eigenvalue weighted by atomic mass is 10.1. The quantitative estimate of drug-likeness (QED) is 0.367. The second-order valence-corrected chi connectivity index (χ2v) is 8.63. The summed E-state index contributed by atoms with van der Waals surface area (Å²) in [4.78, 5) is 33.1. The topological polar surface area (TPSA) is 97.6 Å². The molecule has 0 radical (unpaired) electrons. The molecule has 0 bridgehead atoms. The van der Waals surface area contributed by atoms with Crippen LogP contribution >= 0.6 is 12.2 Å². The molecule has 35 heavy (non-hydrogen) atoms. The minimum atomic E-state index is -0.245. The zero-order valence-corrected chi connectivity index (χ0v) is 20.0. The molecule has 2 N–H and O–H groups in total. The van der Waals surface area contributed by atoms with Gasteiger partial charge in [-0.25, -0.2) is 9.67 Å². The van der Waals surface area contributed by atoms with Crippen molar-refractivity contribution in [3.05, 3.63) is 111 Å². The van der Waals surface area contributed by atoms with Gasteiger partial charge < -0.3 is 10.3 Å². The maximum absolute atomic E-state index is 13.3. The molecule has 2 heterocycles. The van der Waals surface area contributed by atoms with Crippen LogP contribution in [0.1, 0.15) is 27.0 Å². The van der Waals surface area contributed by atoms with Gasteiger partial charge in [0.05, 0.1) is 22.3 Å². The number of nitrogens with zero attached hydrogens (tertiary/aromatic N) is 4. The first-order valence-electron chi connectivity index (χ1n) is 11.0. The zero-order valence-electron chi connectivity index (χ0n) is 19.1. The number of hydrogen-bond donors (Lipinski definition) is 2. The van der Waals surface area contributed by atoms with Crippen molar-refractivity contribution in [2.45, 2.75) is 20.4 Å². The minimum absolute atomic E-state index is 0.225. The van der Waals surface area contributed by atoms with Gasteiger partial charge in [-0.15, -0.1) is 0 Å². The van der Waals surface area contributed by atoms with Gasteiger partial charge in [-0.2, -0.15) is 5.10 Å². The van der Waals surface area contributed by atoms with E-state index in [4.69, 9.17) is 12.2 Å². The van der Waals surface area contributed by atoms with Gasteiger partial charge in [-0.1, -0.05) is 24.3 Å². The summed E-state index contributed by atoms with van der Waals surface area (Å²) in [5.74, 6) is -0.245. The van der Waals surface area contributed by atoms with Crippen LogP contribution in [0.25, 0.3) is 22.3 Å². The van der Waals surface area contributed by atoms with Crippen molar-refractivity contribution >= 4 is 29.0 Å². The van der Waals surface area contributed by atoms with Crippen LogP contribution in [-0.2, 0) is 6.54 Å². The molecule has 174 valence electrons. The summed E-state index contributed by atoms with van der Waals surface area (Å²) in [6.07, 6.45) is 3.10. The molecule has 5 rings (SSSR count). The number of H-pyrrole nitrogens is 1. The number of rotatable bonds is 5. The third-order valence-electron chi connectivity index (χ3n) is 6.05. The second kappa shape index (κ2) is 9.11. The zero-order chi connectivity index (χ0) is 24.5. The van der Waals surface area contributed by atoms with Crippen LogP contribution in [0.2, 0.25) is 0 Å². The number of aromatic amines is 1. The van der Waals surface area contributed by atoms with Gasteiger partial charge >= 0.3 is 0 Å². The van der Waals surface area contributed by atoms with E-state index in [1.807, 2.05) is 56.3 Å². The molecule has 0 aliphatic rings. The predicted octanol–water partition coefficient (Wildman–Crippen LogP) is 4.18. The Morgan fingerprint density at radius 1 is 1.09 bits per heavy atom. The molecule has 5 aromatic rings. The highest BCUT2D eigenvalue weighted by atomic mass is 32.1. The van der Waals surface area contributed by atoms with Crippen molar-refractivity contribution in [2.24, 2.45) is 0 Å². The van der Waals surface area contributed by atoms with Crippen molar-refractivity contribution < 1.29 is 4.79 Å². The lowest BCUT2D eigenvalue weighted by molar-refractivity contribution is 0.0951. The maximum atomic E-state index is 13.3. The van der Waals surface area contributed by atoms with E-state index in [1.54, 1.807) is 29.2 Å². The Labute approximate surface area is 205 Å². The van der Waals surface area contributed by atoms with Crippen LogP contribution in [0.15, 0.2) is 78.1 Å². The van der Waals surface area contributed by atoms with E-state index in [-0.39, 0.29) is 16.2 Å². The first-order chi connectivity index (χ1) is 16.9. The largest absolute Gasteiger partial charge is 0.348 e. The van der Waals surface area contributed by atoms with Crippen molar-refractivity contribution in [1.29, 1.82) is 0 Å². The summed E-state index contributed by atoms with van der Waals surface area (Å²) < 4.78 is 3.44. The fourth-order valence-electron chi connectivity index (χ4n) is 3.95. The van der Waals surface area contributed by atoms with E-state index in [9.17, 15) is 9.59 Å². The van der Waals surface area contributed by atoms with E-state index in [1.165, 1.54) is 10.9 Å². The smallest absolute Gasteiger partial charge is 0.266 e. The number of aryl methyl sites for hydroxylation is 1. The molecule has 0 aliphatic heterocycles. The molecule has 0 saturated carbocycles. The normalized spacial score (nSPS) is 11.0. The van der Waals surface area contributed by atoms with Gasteiger partial charge in [0, 0.05) is 12.1 Å². The van der Waals surface area contributed by atoms with E-state index >= 15 is 0 Å². The predicted molar refractivity (Wildman–Crippen MR) is 137 cm³/mol. The maximum Gasteiger partial charge on any atom is 0.266 e. The van der Waals surface area contributed by atoms with Crippen LogP contribution in [0, 0.1) is 18.6 Å². The molecule has 0 fully saturated rings. The average molecular weight is 483 g/mol. The Morgan fingerprint density at radius 3 is 2.63 bits per heavy atom. The SMILES string of the molecule is Cc1cccc(-n2c(=S)[nH]c3cc(C(=O)NCc4ccc(-n5cncn5)cc4)ccc3c2=O)c1C. The van der Waals surface area contributed by atoms with Gasteiger partial charge in [0.2, 0.25) is 0 Å². The van der Waals surface area contributed by atoms with Crippen LogP contribution < -0.4 is 10.9 Å². The highest BCUT2D eigenvalue weighted by Gasteiger charge is 2.13. The molecule has 0 unspecified atom stereocenters. The summed E-state index contributed by atoms with van der Waals surface area (Å²) >= 11 is 5.51. The van der Waals surface area contributed by atoms with Gasteiger partial charge in [0.15, 0.2) is 4.77 Å². The van der Waals surface area contributed by atoms with Crippen LogP contribution in [0.5, 0.6) is 0 Å². The Kier molecular flexibility index (Phi) is 5.84. The summed E-state index contributed by atoms with van der Waals surface area (Å²) in [6.45, 7) is 4.32. The standard InChI is InChI=1S/C26H22N6O2S/c1-16-4-3-5-23(17(16)2)32-25(34)21-11-8-19(12-22(21)30-26(32)35)24(33)28-13-18-6-9-20(10-7-18)31-15-27-14-29-31/h3-12,14-15H,13H2,1-2H3,(H,28,33)(H,30,35). The molecule has 0 aliphatic carbocycles. The van der Waals surface area contributed by atoms with E-state index in [2.05, 4.69) is 20.4 Å². The molecule has 0 saturated heterocycles. The molecular formula is C26H22N6O2S. The summed E-state index contributed by atoms with van der Waals surface area (Å²) in [5, 5.41) is 7.47. The van der Waals surface area contributed by atoms with Crippen LogP contribution in [0.4, 0.5) is 0 Å². The summed E-state index contributed by atoms with van der Waals surface area (Å²) in [7, 11) is 0. The highest BCUT2D eigenvalue weighted by Crippen LogP contribution is 2.18. The number of fused-ring (bicyclic) bond motifs is 1. The average Bonchev–Trinajstić information content (AvgIpc) is 3.40. The third-order valence-corrected chi connectivity index (χ3v) is 6.33. The Balaban J connectivity index is 1.38. The van der Waals surface area contributed by atoms with Crippen molar-refractivity contribution in [2.75, 3.05) is 0 Å². The fraction of sp³-hybridized carbons (Fsp3) is 0.115. The summed E-state index contributed by atoms with van der Waals surface area (Å²) in [5.41, 5.74) is 5.36. The molecule has 3 aromatic carbocycles. The van der Waals surface area contributed by atoms with Crippen LogP contribution in [0.3, 0.4) is 0 Å². The minimum Gasteiger partial charge on any atom is -0.348 e. The number of nitrogens with one attached hydrogen (secondary N) is 2. The Bertz CT molecular complexity index is 1670. The fourth-order valence-corrected chi connectivity index (χ4v) is 4.24. The van der Waals surface area contributed by atoms with E-state index in [0.717, 1.165) is 28.1 Å². The molecular weight excluding hydrogens is 460 g/mol. The molecule has 9 heteroatoms. The van der Waals surface area contributed by atoms with Gasteiger partial charge in [0.1, 0.15) is 12.7 Å². The first kappa shape index (κ1) is 22.4. The molecule has 1 amide bonds. The molecule has 0 atom stereocenters.